The van der Waals surface area contributed by atoms with Gasteiger partial charge in [-0.15, -0.1) is 0 Å². The van der Waals surface area contributed by atoms with E-state index in [1.807, 2.05) is 0 Å². The van der Waals surface area contributed by atoms with Crippen molar-refractivity contribution in [2.45, 2.75) is 12.0 Å². The highest BCUT2D eigenvalue weighted by Crippen LogP contribution is 2.25. The van der Waals surface area contributed by atoms with E-state index in [2.05, 4.69) is 10.2 Å². The van der Waals surface area contributed by atoms with Gasteiger partial charge in [0, 0.05) is 13.0 Å². The number of carbonyl (C=O) groups is 1. The van der Waals surface area contributed by atoms with Crippen LogP contribution in [0.1, 0.15) is 16.1 Å². The maximum absolute atomic E-state index is 13.0. The second kappa shape index (κ2) is 6.88. The number of H-pyrrole nitrogens is 1. The maximum atomic E-state index is 13.0. The summed E-state index contributed by atoms with van der Waals surface area (Å²) in [6.07, 6.45) is 1.73. The molecule has 0 bridgehead atoms. The maximum Gasteiger partial charge on any atom is 0.273 e. The van der Waals surface area contributed by atoms with E-state index in [9.17, 15) is 14.3 Å². The zero-order valence-electron chi connectivity index (χ0n) is 12.8. The largest absolute Gasteiger partial charge is 0.393 e. The van der Waals surface area contributed by atoms with Crippen molar-refractivity contribution in [3.8, 4) is 0 Å². The molecule has 2 heterocycles. The predicted octanol–water partition coefficient (Wildman–Crippen LogP) is 1.65. The molecule has 8 heteroatoms. The van der Waals surface area contributed by atoms with E-state index >= 15 is 0 Å². The van der Waals surface area contributed by atoms with Gasteiger partial charge in [0.25, 0.3) is 5.91 Å². The first-order valence-corrected chi connectivity index (χ1v) is 7.88. The summed E-state index contributed by atoms with van der Waals surface area (Å²) in [4.78, 5) is 14.1. The van der Waals surface area contributed by atoms with Crippen LogP contribution in [0.15, 0.2) is 30.5 Å². The van der Waals surface area contributed by atoms with Crippen molar-refractivity contribution in [1.29, 1.82) is 0 Å². The van der Waals surface area contributed by atoms with Crippen LogP contribution in [0.3, 0.4) is 0 Å². The molecule has 0 saturated carbocycles. The van der Waals surface area contributed by atoms with Crippen LogP contribution in [0, 0.1) is 5.82 Å². The number of aliphatic hydroxyl groups excluding tert-OH is 1. The van der Waals surface area contributed by atoms with Gasteiger partial charge in [-0.1, -0.05) is 23.7 Å². The van der Waals surface area contributed by atoms with Gasteiger partial charge in [0.05, 0.1) is 31.0 Å². The molecule has 1 aliphatic heterocycles. The number of hydrogen-bond acceptors (Lipinski definition) is 4. The van der Waals surface area contributed by atoms with Crippen LogP contribution in [0.25, 0.3) is 0 Å². The second-order valence-electron chi connectivity index (χ2n) is 5.81. The smallest absolute Gasteiger partial charge is 0.273 e. The molecule has 1 aliphatic rings. The molecule has 24 heavy (non-hydrogen) atoms. The molecule has 0 unspecified atom stereocenters. The highest BCUT2D eigenvalue weighted by atomic mass is 35.5. The van der Waals surface area contributed by atoms with Gasteiger partial charge in [-0.2, -0.15) is 5.10 Å². The Bertz CT molecular complexity index is 722. The number of aromatic amines is 1. The average molecular weight is 354 g/mol. The van der Waals surface area contributed by atoms with Gasteiger partial charge < -0.3 is 14.7 Å². The molecule has 2 aromatic rings. The standard InChI is InChI=1S/C16H17ClFN3O3/c17-13-8-19-20-14(13)15(23)21-5-6-24-16(9-21,10-22)7-11-1-3-12(18)4-2-11/h1-4,8,22H,5-7,9-10H2,(H,19,20)/t16-/m0/s1. The summed E-state index contributed by atoms with van der Waals surface area (Å²) in [6, 6.07) is 6.00. The van der Waals surface area contributed by atoms with Crippen LogP contribution >= 0.6 is 11.6 Å². The monoisotopic (exact) mass is 353 g/mol. The van der Waals surface area contributed by atoms with Gasteiger partial charge in [0.1, 0.15) is 17.1 Å². The Morgan fingerprint density at radius 1 is 1.46 bits per heavy atom. The minimum absolute atomic E-state index is 0.203. The number of amides is 1. The Morgan fingerprint density at radius 2 is 2.21 bits per heavy atom. The molecule has 0 aliphatic carbocycles. The summed E-state index contributed by atoms with van der Waals surface area (Å²) >= 11 is 5.95. The Labute approximate surface area is 143 Å². The third-order valence-corrected chi connectivity index (χ3v) is 4.36. The first kappa shape index (κ1) is 16.9. The van der Waals surface area contributed by atoms with Gasteiger partial charge in [-0.05, 0) is 17.7 Å². The number of halogens is 2. The SMILES string of the molecule is O=C(c1[nH]ncc1Cl)N1CCO[C@@](CO)(Cc2ccc(F)cc2)C1. The molecule has 3 rings (SSSR count). The summed E-state index contributed by atoms with van der Waals surface area (Å²) in [5.41, 5.74) is 0.102. The fraction of sp³-hybridized carbons (Fsp3) is 0.375. The van der Waals surface area contributed by atoms with Crippen molar-refractivity contribution in [2.24, 2.45) is 0 Å². The Morgan fingerprint density at radius 3 is 2.83 bits per heavy atom. The van der Waals surface area contributed by atoms with Crippen molar-refractivity contribution >= 4 is 17.5 Å². The first-order valence-electron chi connectivity index (χ1n) is 7.50. The Hall–Kier alpha value is -1.96. The highest BCUT2D eigenvalue weighted by Gasteiger charge is 2.39. The fourth-order valence-corrected chi connectivity index (χ4v) is 3.00. The van der Waals surface area contributed by atoms with Crippen LogP contribution in [0.4, 0.5) is 4.39 Å². The number of aliphatic hydroxyl groups is 1. The zero-order valence-corrected chi connectivity index (χ0v) is 13.6. The minimum Gasteiger partial charge on any atom is -0.393 e. The zero-order chi connectivity index (χ0) is 17.2. The van der Waals surface area contributed by atoms with Crippen LogP contribution in [0.2, 0.25) is 5.02 Å². The number of hydrogen-bond donors (Lipinski definition) is 2. The summed E-state index contributed by atoms with van der Waals surface area (Å²) in [5.74, 6) is -0.621. The van der Waals surface area contributed by atoms with Crippen LogP contribution in [-0.4, -0.2) is 58.0 Å². The van der Waals surface area contributed by atoms with E-state index in [0.29, 0.717) is 19.6 Å². The predicted molar refractivity (Wildman–Crippen MR) is 85.4 cm³/mol. The fourth-order valence-electron chi connectivity index (χ4n) is 2.83. The van der Waals surface area contributed by atoms with E-state index in [1.165, 1.54) is 18.3 Å². The molecular weight excluding hydrogens is 337 g/mol. The van der Waals surface area contributed by atoms with Crippen LogP contribution in [-0.2, 0) is 11.2 Å². The third-order valence-electron chi connectivity index (χ3n) is 4.07. The van der Waals surface area contributed by atoms with Crippen molar-refractivity contribution in [3.63, 3.8) is 0 Å². The lowest BCUT2D eigenvalue weighted by Gasteiger charge is -2.41. The summed E-state index contributed by atoms with van der Waals surface area (Å²) in [5, 5.41) is 16.4. The summed E-state index contributed by atoms with van der Waals surface area (Å²) in [6.45, 7) is 0.624. The molecule has 1 saturated heterocycles. The van der Waals surface area contributed by atoms with Crippen molar-refractivity contribution in [1.82, 2.24) is 15.1 Å². The number of benzene rings is 1. The minimum atomic E-state index is -0.932. The van der Waals surface area contributed by atoms with Crippen LogP contribution < -0.4 is 0 Å². The van der Waals surface area contributed by atoms with Gasteiger partial charge in [-0.3, -0.25) is 9.89 Å². The van der Waals surface area contributed by atoms with Crippen molar-refractivity contribution in [3.05, 3.63) is 52.6 Å². The highest BCUT2D eigenvalue weighted by molar-refractivity contribution is 6.33. The Kier molecular flexibility index (Phi) is 4.84. The van der Waals surface area contributed by atoms with Crippen molar-refractivity contribution in [2.75, 3.05) is 26.3 Å². The van der Waals surface area contributed by atoms with E-state index in [0.717, 1.165) is 5.56 Å². The van der Waals surface area contributed by atoms with E-state index in [1.54, 1.807) is 17.0 Å². The lowest BCUT2D eigenvalue weighted by atomic mass is 9.93. The molecule has 6 nitrogen and oxygen atoms in total. The van der Waals surface area contributed by atoms with Gasteiger partial charge >= 0.3 is 0 Å². The third kappa shape index (κ3) is 3.43. The number of morpholine rings is 1. The molecule has 128 valence electrons. The lowest BCUT2D eigenvalue weighted by molar-refractivity contribution is -0.123. The molecular formula is C16H17ClFN3O3. The molecule has 1 amide bonds. The number of carbonyl (C=O) groups excluding carboxylic acids is 1. The molecule has 1 atom stereocenters. The molecule has 0 radical (unpaired) electrons. The molecule has 1 fully saturated rings. The molecule has 2 N–H and O–H groups in total. The van der Waals surface area contributed by atoms with E-state index in [-0.39, 0.29) is 35.6 Å². The van der Waals surface area contributed by atoms with Gasteiger partial charge in [0.15, 0.2) is 0 Å². The molecule has 0 spiro atoms. The molecule has 1 aromatic carbocycles. The summed E-state index contributed by atoms with van der Waals surface area (Å²) in [7, 11) is 0. The second-order valence-corrected chi connectivity index (χ2v) is 6.22. The average Bonchev–Trinajstić information content (AvgIpc) is 3.02. The molecule has 1 aromatic heterocycles. The number of nitrogens with one attached hydrogen (secondary N) is 1. The van der Waals surface area contributed by atoms with Gasteiger partial charge in [-0.25, -0.2) is 4.39 Å². The van der Waals surface area contributed by atoms with E-state index in [4.69, 9.17) is 16.3 Å². The van der Waals surface area contributed by atoms with Crippen molar-refractivity contribution < 1.29 is 19.0 Å². The van der Waals surface area contributed by atoms with E-state index < -0.39 is 5.60 Å². The topological polar surface area (TPSA) is 78.5 Å². The summed E-state index contributed by atoms with van der Waals surface area (Å²) < 4.78 is 18.8. The number of nitrogens with zero attached hydrogens (tertiary/aromatic N) is 2. The number of aromatic nitrogens is 2. The van der Waals surface area contributed by atoms with Crippen LogP contribution in [0.5, 0.6) is 0 Å². The van der Waals surface area contributed by atoms with Gasteiger partial charge in [0.2, 0.25) is 0 Å². The quantitative estimate of drug-likeness (QED) is 0.876. The Balaban J connectivity index is 1.77. The number of ether oxygens (including phenoxy) is 1. The number of rotatable bonds is 4. The lowest BCUT2D eigenvalue weighted by Crippen LogP contribution is -2.56. The normalized spacial score (nSPS) is 21.0. The first-order chi connectivity index (χ1) is 11.5.